The fourth-order valence-electron chi connectivity index (χ4n) is 1.86. The van der Waals surface area contributed by atoms with Crippen LogP contribution < -0.4 is 5.32 Å². The van der Waals surface area contributed by atoms with E-state index < -0.39 is 0 Å². The molecule has 2 heterocycles. The third-order valence-electron chi connectivity index (χ3n) is 2.61. The zero-order valence-corrected chi connectivity index (χ0v) is 10.1. The van der Waals surface area contributed by atoms with Gasteiger partial charge < -0.3 is 5.32 Å². The smallest absolute Gasteiger partial charge is 0.132 e. The Morgan fingerprint density at radius 1 is 1.43 bits per heavy atom. The van der Waals surface area contributed by atoms with Crippen LogP contribution in [0.3, 0.4) is 0 Å². The standard InChI is InChI=1S/C10H12BrClN2/c11-8-5-9(10(12)14-6-8)7-1-3-13-4-2-7/h5-7,13H,1-4H2. The highest BCUT2D eigenvalue weighted by molar-refractivity contribution is 9.10. The lowest BCUT2D eigenvalue weighted by atomic mass is 9.91. The first kappa shape index (κ1) is 10.4. The molecule has 0 unspecified atom stereocenters. The lowest BCUT2D eigenvalue weighted by Crippen LogP contribution is -2.26. The largest absolute Gasteiger partial charge is 0.317 e. The van der Waals surface area contributed by atoms with Crippen molar-refractivity contribution in [3.05, 3.63) is 27.5 Å². The van der Waals surface area contributed by atoms with Gasteiger partial charge in [-0.25, -0.2) is 4.98 Å². The van der Waals surface area contributed by atoms with Crippen molar-refractivity contribution in [1.29, 1.82) is 0 Å². The van der Waals surface area contributed by atoms with E-state index in [9.17, 15) is 0 Å². The van der Waals surface area contributed by atoms with Crippen LogP contribution in [-0.4, -0.2) is 18.1 Å². The van der Waals surface area contributed by atoms with Gasteiger partial charge in [-0.1, -0.05) is 11.6 Å². The normalized spacial score (nSPS) is 18.4. The molecule has 0 aromatic carbocycles. The zero-order valence-electron chi connectivity index (χ0n) is 7.76. The molecule has 2 rings (SSSR count). The molecular formula is C10H12BrClN2. The summed E-state index contributed by atoms with van der Waals surface area (Å²) in [5, 5.41) is 4.00. The Bertz CT molecular complexity index is 324. The maximum Gasteiger partial charge on any atom is 0.132 e. The van der Waals surface area contributed by atoms with Crippen molar-refractivity contribution in [3.8, 4) is 0 Å². The highest BCUT2D eigenvalue weighted by atomic mass is 79.9. The number of hydrogen-bond acceptors (Lipinski definition) is 2. The molecule has 1 aliphatic heterocycles. The Morgan fingerprint density at radius 3 is 2.86 bits per heavy atom. The molecule has 1 aromatic rings. The minimum atomic E-state index is 0.564. The van der Waals surface area contributed by atoms with Gasteiger partial charge in [0.15, 0.2) is 0 Å². The number of pyridine rings is 1. The van der Waals surface area contributed by atoms with Crippen LogP contribution in [0.1, 0.15) is 24.3 Å². The fourth-order valence-corrected chi connectivity index (χ4v) is 2.46. The number of halogens is 2. The Kier molecular flexibility index (Phi) is 3.42. The second-order valence-corrected chi connectivity index (χ2v) is 4.83. The molecule has 0 amide bonds. The summed E-state index contributed by atoms with van der Waals surface area (Å²) in [4.78, 5) is 4.15. The van der Waals surface area contributed by atoms with Crippen LogP contribution in [0, 0.1) is 0 Å². The van der Waals surface area contributed by atoms with Crippen molar-refractivity contribution in [2.24, 2.45) is 0 Å². The molecule has 0 spiro atoms. The van der Waals surface area contributed by atoms with Crippen LogP contribution in [-0.2, 0) is 0 Å². The zero-order chi connectivity index (χ0) is 9.97. The van der Waals surface area contributed by atoms with Crippen LogP contribution in [0.5, 0.6) is 0 Å². The molecule has 1 aromatic heterocycles. The Hall–Kier alpha value is -0.120. The molecule has 0 radical (unpaired) electrons. The van der Waals surface area contributed by atoms with Crippen LogP contribution in [0.25, 0.3) is 0 Å². The van der Waals surface area contributed by atoms with Gasteiger partial charge in [-0.2, -0.15) is 0 Å². The number of piperidine rings is 1. The maximum atomic E-state index is 6.08. The Labute approximate surface area is 97.2 Å². The molecule has 76 valence electrons. The van der Waals surface area contributed by atoms with E-state index in [1.54, 1.807) is 6.20 Å². The van der Waals surface area contributed by atoms with Crippen LogP contribution in [0.4, 0.5) is 0 Å². The molecule has 0 saturated carbocycles. The van der Waals surface area contributed by atoms with E-state index in [-0.39, 0.29) is 0 Å². The van der Waals surface area contributed by atoms with E-state index in [1.807, 2.05) is 0 Å². The van der Waals surface area contributed by atoms with Crippen molar-refractivity contribution in [1.82, 2.24) is 10.3 Å². The van der Waals surface area contributed by atoms with E-state index in [4.69, 9.17) is 11.6 Å². The van der Waals surface area contributed by atoms with Crippen LogP contribution in [0.15, 0.2) is 16.7 Å². The Morgan fingerprint density at radius 2 is 2.14 bits per heavy atom. The summed E-state index contributed by atoms with van der Waals surface area (Å²) >= 11 is 9.50. The van der Waals surface area contributed by atoms with Crippen molar-refractivity contribution in [2.45, 2.75) is 18.8 Å². The highest BCUT2D eigenvalue weighted by Crippen LogP contribution is 2.31. The predicted molar refractivity (Wildman–Crippen MR) is 61.8 cm³/mol. The van der Waals surface area contributed by atoms with Gasteiger partial charge in [-0.15, -0.1) is 0 Å². The first-order valence-corrected chi connectivity index (χ1v) is 5.96. The molecule has 1 saturated heterocycles. The third-order valence-corrected chi connectivity index (χ3v) is 3.36. The number of nitrogens with one attached hydrogen (secondary N) is 1. The summed E-state index contributed by atoms with van der Waals surface area (Å²) in [6.07, 6.45) is 4.04. The summed E-state index contributed by atoms with van der Waals surface area (Å²) in [5.41, 5.74) is 1.18. The molecule has 1 fully saturated rings. The average molecular weight is 276 g/mol. The summed E-state index contributed by atoms with van der Waals surface area (Å²) < 4.78 is 1.01. The van der Waals surface area contributed by atoms with Gasteiger partial charge >= 0.3 is 0 Å². The summed E-state index contributed by atoms with van der Waals surface area (Å²) in [5.74, 6) is 0.564. The van der Waals surface area contributed by atoms with E-state index in [1.165, 1.54) is 5.56 Å². The number of hydrogen-bond donors (Lipinski definition) is 1. The molecule has 0 aliphatic carbocycles. The van der Waals surface area contributed by atoms with Gasteiger partial charge in [-0.3, -0.25) is 0 Å². The molecule has 4 heteroatoms. The Balaban J connectivity index is 2.24. The highest BCUT2D eigenvalue weighted by Gasteiger charge is 2.18. The molecule has 2 nitrogen and oxygen atoms in total. The third kappa shape index (κ3) is 2.27. The van der Waals surface area contributed by atoms with E-state index in [2.05, 4.69) is 32.3 Å². The van der Waals surface area contributed by atoms with Gasteiger partial charge in [0.1, 0.15) is 5.15 Å². The second kappa shape index (κ2) is 4.60. The second-order valence-electron chi connectivity index (χ2n) is 3.56. The van der Waals surface area contributed by atoms with E-state index in [0.29, 0.717) is 11.1 Å². The minimum absolute atomic E-state index is 0.564. The molecular weight excluding hydrogens is 263 g/mol. The number of aromatic nitrogens is 1. The van der Waals surface area contributed by atoms with Gasteiger partial charge in [0.2, 0.25) is 0 Å². The summed E-state index contributed by atoms with van der Waals surface area (Å²) in [7, 11) is 0. The van der Waals surface area contributed by atoms with Gasteiger partial charge in [-0.05, 0) is 59.4 Å². The van der Waals surface area contributed by atoms with Crippen molar-refractivity contribution in [3.63, 3.8) is 0 Å². The molecule has 0 bridgehead atoms. The quantitative estimate of drug-likeness (QED) is 0.797. The fraction of sp³-hybridized carbons (Fsp3) is 0.500. The topological polar surface area (TPSA) is 24.9 Å². The van der Waals surface area contributed by atoms with Crippen molar-refractivity contribution < 1.29 is 0 Å². The van der Waals surface area contributed by atoms with E-state index >= 15 is 0 Å². The first-order chi connectivity index (χ1) is 6.77. The van der Waals surface area contributed by atoms with E-state index in [0.717, 1.165) is 30.4 Å². The van der Waals surface area contributed by atoms with Gasteiger partial charge in [0, 0.05) is 10.7 Å². The maximum absolute atomic E-state index is 6.08. The monoisotopic (exact) mass is 274 g/mol. The average Bonchev–Trinajstić information content (AvgIpc) is 2.23. The van der Waals surface area contributed by atoms with Crippen LogP contribution >= 0.6 is 27.5 Å². The number of rotatable bonds is 1. The molecule has 1 aliphatic rings. The van der Waals surface area contributed by atoms with Crippen LogP contribution in [0.2, 0.25) is 5.15 Å². The first-order valence-electron chi connectivity index (χ1n) is 4.79. The van der Waals surface area contributed by atoms with Crippen molar-refractivity contribution in [2.75, 3.05) is 13.1 Å². The molecule has 1 N–H and O–H groups in total. The lowest BCUT2D eigenvalue weighted by Gasteiger charge is -2.23. The van der Waals surface area contributed by atoms with Gasteiger partial charge in [0.25, 0.3) is 0 Å². The molecule has 14 heavy (non-hydrogen) atoms. The minimum Gasteiger partial charge on any atom is -0.317 e. The SMILES string of the molecule is Clc1ncc(Br)cc1C1CCNCC1. The lowest BCUT2D eigenvalue weighted by molar-refractivity contribution is 0.459. The van der Waals surface area contributed by atoms with Crippen molar-refractivity contribution >= 4 is 27.5 Å². The number of nitrogens with zero attached hydrogens (tertiary/aromatic N) is 1. The summed E-state index contributed by atoms with van der Waals surface area (Å²) in [6, 6.07) is 2.09. The summed E-state index contributed by atoms with van der Waals surface area (Å²) in [6.45, 7) is 2.15. The van der Waals surface area contributed by atoms with Gasteiger partial charge in [0.05, 0.1) is 0 Å². The molecule has 0 atom stereocenters. The predicted octanol–water partition coefficient (Wildman–Crippen LogP) is 2.96.